The molecular formula is C32H32FN7O2. The predicted molar refractivity (Wildman–Crippen MR) is 156 cm³/mol. The number of rotatable bonds is 5. The number of nitriles is 1. The first kappa shape index (κ1) is 26.4. The lowest BCUT2D eigenvalue weighted by Gasteiger charge is -2.35. The average Bonchev–Trinajstić information content (AvgIpc) is 3.73. The van der Waals surface area contributed by atoms with Crippen LogP contribution >= 0.6 is 0 Å². The molecule has 4 aromatic rings. The number of anilines is 1. The van der Waals surface area contributed by atoms with E-state index in [1.54, 1.807) is 34.7 Å². The molecule has 1 N–H and O–H groups in total. The predicted octanol–water partition coefficient (Wildman–Crippen LogP) is 4.05. The highest BCUT2D eigenvalue weighted by atomic mass is 19.1. The van der Waals surface area contributed by atoms with Gasteiger partial charge in [-0.2, -0.15) is 10.4 Å². The number of hydrogen-bond acceptors (Lipinski definition) is 7. The first-order chi connectivity index (χ1) is 20.5. The van der Waals surface area contributed by atoms with E-state index in [0.717, 1.165) is 54.1 Å². The standard InChI is InChI=1S/C32H32FN7O2/c1-20-27(3-2-4-29(20)33)32(41)39-9-7-38(8-10-39)30-6-5-21(17-36-30)28-13-26(19-40-31(28)24(14-34)18-37-40)42-25-11-22-15-35-16-23(22)12-25/h2-6,13,17-19,22-23,25,35H,7-12,15-16H2,1H3. The molecule has 0 spiro atoms. The minimum absolute atomic E-state index is 0.146. The van der Waals surface area contributed by atoms with Crippen LogP contribution < -0.4 is 15.0 Å². The van der Waals surface area contributed by atoms with E-state index in [0.29, 0.717) is 54.7 Å². The van der Waals surface area contributed by atoms with Gasteiger partial charge in [0.1, 0.15) is 23.5 Å². The number of carbonyl (C=O) groups is 1. The number of amides is 1. The van der Waals surface area contributed by atoms with E-state index in [9.17, 15) is 14.4 Å². The third-order valence-corrected chi connectivity index (χ3v) is 9.07. The van der Waals surface area contributed by atoms with Gasteiger partial charge in [0.2, 0.25) is 0 Å². The summed E-state index contributed by atoms with van der Waals surface area (Å²) >= 11 is 0. The van der Waals surface area contributed by atoms with Crippen LogP contribution in [0, 0.1) is 35.9 Å². The van der Waals surface area contributed by atoms with Crippen molar-refractivity contribution in [2.24, 2.45) is 11.8 Å². The Labute approximate surface area is 243 Å². The summed E-state index contributed by atoms with van der Waals surface area (Å²) in [6.07, 6.45) is 7.54. The summed E-state index contributed by atoms with van der Waals surface area (Å²) in [6.45, 7) is 6.07. The minimum Gasteiger partial charge on any atom is -0.489 e. The van der Waals surface area contributed by atoms with Crippen LogP contribution in [0.4, 0.5) is 10.2 Å². The first-order valence-corrected chi connectivity index (χ1v) is 14.5. The van der Waals surface area contributed by atoms with Gasteiger partial charge < -0.3 is 19.9 Å². The second-order valence-electron chi connectivity index (χ2n) is 11.5. The van der Waals surface area contributed by atoms with Crippen LogP contribution in [0.25, 0.3) is 16.6 Å². The lowest BCUT2D eigenvalue weighted by atomic mass is 10.0. The fraction of sp³-hybridized carbons (Fsp3) is 0.375. The number of fused-ring (bicyclic) bond motifs is 2. The van der Waals surface area contributed by atoms with Gasteiger partial charge >= 0.3 is 0 Å². The summed E-state index contributed by atoms with van der Waals surface area (Å²) in [4.78, 5) is 21.7. The molecule has 1 aliphatic carbocycles. The largest absolute Gasteiger partial charge is 0.489 e. The first-order valence-electron chi connectivity index (χ1n) is 14.5. The van der Waals surface area contributed by atoms with Gasteiger partial charge in [0, 0.05) is 49.1 Å². The average molecular weight is 566 g/mol. The Kier molecular flexibility index (Phi) is 6.75. The molecule has 7 rings (SSSR count). The molecule has 214 valence electrons. The molecule has 2 unspecified atom stereocenters. The highest BCUT2D eigenvalue weighted by molar-refractivity contribution is 5.95. The Balaban J connectivity index is 1.08. The number of pyridine rings is 2. The summed E-state index contributed by atoms with van der Waals surface area (Å²) in [6, 6.07) is 12.9. The van der Waals surface area contributed by atoms with E-state index in [2.05, 4.69) is 21.4 Å². The van der Waals surface area contributed by atoms with Crippen molar-refractivity contribution in [1.29, 1.82) is 5.26 Å². The molecule has 3 fully saturated rings. The summed E-state index contributed by atoms with van der Waals surface area (Å²) in [5, 5.41) is 17.7. The lowest BCUT2D eigenvalue weighted by Crippen LogP contribution is -2.49. The number of piperazine rings is 1. The van der Waals surface area contributed by atoms with Crippen LogP contribution in [-0.4, -0.2) is 70.8 Å². The number of halogens is 1. The quantitative estimate of drug-likeness (QED) is 0.390. The molecule has 3 aromatic heterocycles. The molecule has 2 aliphatic heterocycles. The zero-order valence-corrected chi connectivity index (χ0v) is 23.5. The van der Waals surface area contributed by atoms with Crippen molar-refractivity contribution in [3.05, 3.63) is 77.5 Å². The number of aromatic nitrogens is 3. The number of nitrogens with zero attached hydrogens (tertiary/aromatic N) is 6. The SMILES string of the molecule is Cc1c(F)cccc1C(=O)N1CCN(c2ccc(-c3cc(OC4CC5CNCC5C4)cn4ncc(C#N)c34)cn2)CC1. The summed E-state index contributed by atoms with van der Waals surface area (Å²) in [5.41, 5.74) is 3.73. The highest BCUT2D eigenvalue weighted by Gasteiger charge is 2.38. The molecule has 1 amide bonds. The third kappa shape index (κ3) is 4.73. The van der Waals surface area contributed by atoms with Crippen LogP contribution in [0.15, 0.2) is 55.0 Å². The Morgan fingerprint density at radius 1 is 1.10 bits per heavy atom. The maximum Gasteiger partial charge on any atom is 0.254 e. The van der Waals surface area contributed by atoms with Gasteiger partial charge in [0.25, 0.3) is 5.91 Å². The number of carbonyl (C=O) groups excluding carboxylic acids is 1. The second kappa shape index (κ2) is 10.7. The molecular weight excluding hydrogens is 533 g/mol. The Bertz CT molecular complexity index is 1680. The van der Waals surface area contributed by atoms with Gasteiger partial charge in [0.05, 0.1) is 29.6 Å². The van der Waals surface area contributed by atoms with E-state index in [1.165, 1.54) is 6.07 Å². The molecule has 2 saturated heterocycles. The molecule has 42 heavy (non-hydrogen) atoms. The maximum atomic E-state index is 14.0. The molecule has 0 radical (unpaired) electrons. The van der Waals surface area contributed by atoms with E-state index in [4.69, 9.17) is 9.72 Å². The number of hydrogen-bond donors (Lipinski definition) is 1. The third-order valence-electron chi connectivity index (χ3n) is 9.07. The summed E-state index contributed by atoms with van der Waals surface area (Å²) < 4.78 is 22.2. The topological polar surface area (TPSA) is 98.8 Å². The van der Waals surface area contributed by atoms with Crippen molar-refractivity contribution >= 4 is 17.2 Å². The van der Waals surface area contributed by atoms with Gasteiger partial charge in [-0.25, -0.2) is 13.9 Å². The Morgan fingerprint density at radius 2 is 1.88 bits per heavy atom. The van der Waals surface area contributed by atoms with E-state index in [1.807, 2.05) is 30.6 Å². The smallest absolute Gasteiger partial charge is 0.254 e. The second-order valence-corrected chi connectivity index (χ2v) is 11.5. The van der Waals surface area contributed by atoms with Crippen molar-refractivity contribution in [2.45, 2.75) is 25.9 Å². The number of ether oxygens (including phenoxy) is 1. The Morgan fingerprint density at radius 3 is 2.60 bits per heavy atom. The van der Waals surface area contributed by atoms with Gasteiger partial charge in [-0.15, -0.1) is 0 Å². The van der Waals surface area contributed by atoms with Crippen molar-refractivity contribution < 1.29 is 13.9 Å². The number of nitrogens with one attached hydrogen (secondary N) is 1. The molecule has 0 bridgehead atoms. The van der Waals surface area contributed by atoms with Gasteiger partial charge in [-0.1, -0.05) is 6.07 Å². The summed E-state index contributed by atoms with van der Waals surface area (Å²) in [7, 11) is 0. The highest BCUT2D eigenvalue weighted by Crippen LogP contribution is 2.38. The maximum absolute atomic E-state index is 14.0. The zero-order valence-electron chi connectivity index (χ0n) is 23.5. The Hall–Kier alpha value is -4.49. The van der Waals surface area contributed by atoms with Crippen LogP contribution in [0.2, 0.25) is 0 Å². The van der Waals surface area contributed by atoms with Crippen LogP contribution in [0.3, 0.4) is 0 Å². The van der Waals surface area contributed by atoms with Crippen molar-refractivity contribution in [3.8, 4) is 22.9 Å². The van der Waals surface area contributed by atoms with Crippen LogP contribution in [0.5, 0.6) is 5.75 Å². The monoisotopic (exact) mass is 565 g/mol. The molecule has 5 heterocycles. The molecule has 9 nitrogen and oxygen atoms in total. The lowest BCUT2D eigenvalue weighted by molar-refractivity contribution is 0.0745. The van der Waals surface area contributed by atoms with Crippen molar-refractivity contribution in [1.82, 2.24) is 24.8 Å². The fourth-order valence-corrected chi connectivity index (χ4v) is 6.74. The van der Waals surface area contributed by atoms with Crippen LogP contribution in [0.1, 0.15) is 34.3 Å². The summed E-state index contributed by atoms with van der Waals surface area (Å²) in [5.74, 6) is 2.39. The molecule has 1 aromatic carbocycles. The minimum atomic E-state index is -0.366. The molecule has 2 atom stereocenters. The normalized spacial score (nSPS) is 21.9. The van der Waals surface area contributed by atoms with E-state index >= 15 is 0 Å². The molecule has 10 heteroatoms. The van der Waals surface area contributed by atoms with Gasteiger partial charge in [0.15, 0.2) is 0 Å². The fourth-order valence-electron chi connectivity index (χ4n) is 6.74. The van der Waals surface area contributed by atoms with E-state index in [-0.39, 0.29) is 17.8 Å². The van der Waals surface area contributed by atoms with E-state index < -0.39 is 0 Å². The molecule has 1 saturated carbocycles. The van der Waals surface area contributed by atoms with Crippen molar-refractivity contribution in [3.63, 3.8) is 0 Å². The van der Waals surface area contributed by atoms with Gasteiger partial charge in [-0.3, -0.25) is 4.79 Å². The van der Waals surface area contributed by atoms with Gasteiger partial charge in [-0.05, 0) is 80.6 Å². The number of benzene rings is 1. The van der Waals surface area contributed by atoms with Crippen LogP contribution in [-0.2, 0) is 0 Å². The van der Waals surface area contributed by atoms with Crippen molar-refractivity contribution in [2.75, 3.05) is 44.2 Å². The molecule has 3 aliphatic rings. The zero-order chi connectivity index (χ0) is 28.8.